The van der Waals surface area contributed by atoms with Crippen LogP contribution in [-0.4, -0.2) is 11.8 Å². The molecule has 1 heterocycles. The molecule has 3 nitrogen and oxygen atoms in total. The maximum Gasteiger partial charge on any atom is 0.238 e. The van der Waals surface area contributed by atoms with Crippen LogP contribution >= 0.6 is 0 Å². The lowest BCUT2D eigenvalue weighted by molar-refractivity contribution is -0.124. The minimum atomic E-state index is -0.0905. The first-order chi connectivity index (χ1) is 11.7. The minimum absolute atomic E-state index is 0.0606. The largest absolute Gasteiger partial charge is 0.274 e. The molecule has 0 N–H and O–H groups in total. The van der Waals surface area contributed by atoms with E-state index in [1.165, 1.54) is 35.3 Å². The van der Waals surface area contributed by atoms with Gasteiger partial charge in [-0.15, -0.1) is 0 Å². The van der Waals surface area contributed by atoms with Crippen LogP contribution in [0.3, 0.4) is 0 Å². The molecule has 1 aromatic rings. The number of hydrogen-bond acceptors (Lipinski definition) is 2. The Morgan fingerprint density at radius 1 is 0.833 bits per heavy atom. The van der Waals surface area contributed by atoms with Crippen LogP contribution in [0.2, 0.25) is 0 Å². The molecule has 24 heavy (non-hydrogen) atoms. The van der Waals surface area contributed by atoms with Crippen molar-refractivity contribution in [3.8, 4) is 0 Å². The third kappa shape index (κ3) is 1.54. The Hall–Kier alpha value is -1.90. The van der Waals surface area contributed by atoms with Gasteiger partial charge in [0, 0.05) is 0 Å². The third-order valence-corrected chi connectivity index (χ3v) is 7.25. The summed E-state index contributed by atoms with van der Waals surface area (Å²) < 4.78 is 0. The molecule has 0 spiro atoms. The lowest BCUT2D eigenvalue weighted by Crippen LogP contribution is -2.40. The molecule has 0 radical (unpaired) electrons. The first kappa shape index (κ1) is 13.4. The fourth-order valence-electron chi connectivity index (χ4n) is 6.07. The molecule has 1 saturated heterocycles. The second kappa shape index (κ2) is 4.38. The van der Waals surface area contributed by atoms with Crippen molar-refractivity contribution in [1.82, 2.24) is 0 Å². The average molecular weight is 319 g/mol. The third-order valence-electron chi connectivity index (χ3n) is 7.25. The fraction of sp³-hybridized carbons (Fsp3) is 0.524. The number of carbonyl (C=O) groups is 2. The Morgan fingerprint density at radius 2 is 1.46 bits per heavy atom. The van der Waals surface area contributed by atoms with Gasteiger partial charge in [0.1, 0.15) is 0 Å². The highest BCUT2D eigenvalue weighted by molar-refractivity contribution is 6.22. The van der Waals surface area contributed by atoms with E-state index in [2.05, 4.69) is 24.3 Å². The van der Waals surface area contributed by atoms with Crippen molar-refractivity contribution in [3.63, 3.8) is 0 Å². The van der Waals surface area contributed by atoms with Crippen molar-refractivity contribution in [1.29, 1.82) is 0 Å². The van der Waals surface area contributed by atoms with Crippen LogP contribution in [0.1, 0.15) is 30.4 Å². The zero-order chi connectivity index (χ0) is 16.0. The van der Waals surface area contributed by atoms with Crippen LogP contribution in [0.4, 0.5) is 5.69 Å². The maximum absolute atomic E-state index is 13.1. The van der Waals surface area contributed by atoms with Gasteiger partial charge in [0.05, 0.1) is 17.5 Å². The summed E-state index contributed by atoms with van der Waals surface area (Å²) in [5, 5.41) is 0. The Kier molecular flexibility index (Phi) is 2.45. The summed E-state index contributed by atoms with van der Waals surface area (Å²) >= 11 is 0. The smallest absolute Gasteiger partial charge is 0.238 e. The van der Waals surface area contributed by atoms with Crippen LogP contribution < -0.4 is 4.90 Å². The summed E-state index contributed by atoms with van der Waals surface area (Å²) in [6, 6.07) is 6.24. The van der Waals surface area contributed by atoms with Crippen molar-refractivity contribution in [3.05, 3.63) is 41.5 Å². The lowest BCUT2D eigenvalue weighted by Gasteiger charge is -2.37. The van der Waals surface area contributed by atoms with Gasteiger partial charge < -0.3 is 0 Å². The lowest BCUT2D eigenvalue weighted by atomic mass is 9.63. The molecule has 1 aliphatic heterocycles. The minimum Gasteiger partial charge on any atom is -0.274 e. The van der Waals surface area contributed by atoms with Crippen LogP contribution in [0.25, 0.3) is 0 Å². The summed E-state index contributed by atoms with van der Waals surface area (Å²) in [7, 11) is 0. The zero-order valence-corrected chi connectivity index (χ0v) is 13.7. The van der Waals surface area contributed by atoms with Gasteiger partial charge in [-0.25, -0.2) is 0 Å². The number of anilines is 1. The number of allylic oxidation sites excluding steroid dienone is 2. The number of aryl methyl sites for hydroxylation is 2. The topological polar surface area (TPSA) is 37.4 Å². The highest BCUT2D eigenvalue weighted by Gasteiger charge is 2.67. The van der Waals surface area contributed by atoms with Crippen LogP contribution in [-0.2, 0) is 22.4 Å². The van der Waals surface area contributed by atoms with Crippen molar-refractivity contribution in [2.45, 2.75) is 32.1 Å². The Morgan fingerprint density at radius 3 is 2.12 bits per heavy atom. The van der Waals surface area contributed by atoms with Gasteiger partial charge in [-0.3, -0.25) is 14.5 Å². The second-order valence-electron chi connectivity index (χ2n) is 8.33. The standard InChI is InChI=1S/C21H21NO2/c23-20-18-14-7-8-15(17-10-16(14)17)19(18)21(24)22(20)13-6-5-11-3-1-2-4-12(11)9-13/h5-9,14-19H,1-4,10H2/t14-,15+,16-,17-,18+,19+/m1/s1. The van der Waals surface area contributed by atoms with E-state index in [1.54, 1.807) is 0 Å². The molecule has 6 aliphatic rings. The van der Waals surface area contributed by atoms with Crippen molar-refractivity contribution in [2.24, 2.45) is 35.5 Å². The predicted octanol–water partition coefficient (Wildman–Crippen LogP) is 3.12. The van der Waals surface area contributed by atoms with E-state index in [0.717, 1.165) is 18.5 Å². The molecule has 6 atom stereocenters. The molecule has 2 saturated carbocycles. The summed E-state index contributed by atoms with van der Waals surface area (Å²) in [5.74, 6) is 1.90. The van der Waals surface area contributed by atoms with E-state index in [1.807, 2.05) is 6.07 Å². The van der Waals surface area contributed by atoms with Gasteiger partial charge in [0.25, 0.3) is 0 Å². The summed E-state index contributed by atoms with van der Waals surface area (Å²) in [6.07, 6.45) is 10.3. The summed E-state index contributed by atoms with van der Waals surface area (Å²) in [6.45, 7) is 0. The maximum atomic E-state index is 13.1. The van der Waals surface area contributed by atoms with Crippen molar-refractivity contribution >= 4 is 17.5 Å². The Bertz CT molecular complexity index is 774. The second-order valence-corrected chi connectivity index (χ2v) is 8.33. The van der Waals surface area contributed by atoms with Gasteiger partial charge in [-0.05, 0) is 79.0 Å². The van der Waals surface area contributed by atoms with E-state index in [0.29, 0.717) is 23.7 Å². The molecule has 1 aromatic carbocycles. The van der Waals surface area contributed by atoms with Gasteiger partial charge >= 0.3 is 0 Å². The number of fused-ring (bicyclic) bond motifs is 1. The molecular weight excluding hydrogens is 298 g/mol. The number of imide groups is 1. The number of benzene rings is 1. The fourth-order valence-corrected chi connectivity index (χ4v) is 6.07. The SMILES string of the molecule is O=C1[C@H]2[C@@H]3C=C[C@@H]([C@H]4C[C@H]34)[C@@H]2C(=O)N1c1ccc2c(c1)CCCC2. The number of hydrogen-bond donors (Lipinski definition) is 0. The molecule has 122 valence electrons. The van der Waals surface area contributed by atoms with Crippen molar-refractivity contribution < 1.29 is 9.59 Å². The number of amides is 2. The molecule has 3 fully saturated rings. The van der Waals surface area contributed by atoms with E-state index in [-0.39, 0.29) is 23.7 Å². The molecule has 3 heteroatoms. The van der Waals surface area contributed by atoms with Crippen molar-refractivity contribution in [2.75, 3.05) is 4.90 Å². The van der Waals surface area contributed by atoms with Crippen LogP contribution in [0.15, 0.2) is 30.4 Å². The number of carbonyl (C=O) groups excluding carboxylic acids is 2. The molecule has 0 aromatic heterocycles. The monoisotopic (exact) mass is 319 g/mol. The quantitative estimate of drug-likeness (QED) is 0.589. The molecule has 2 amide bonds. The van der Waals surface area contributed by atoms with E-state index < -0.39 is 0 Å². The summed E-state index contributed by atoms with van der Waals surface area (Å²) in [5.41, 5.74) is 3.54. The highest BCUT2D eigenvalue weighted by Crippen LogP contribution is 2.65. The van der Waals surface area contributed by atoms with Gasteiger partial charge in [0.2, 0.25) is 11.8 Å². The van der Waals surface area contributed by atoms with Gasteiger partial charge in [0.15, 0.2) is 0 Å². The molecule has 7 rings (SSSR count). The number of rotatable bonds is 1. The zero-order valence-electron chi connectivity index (χ0n) is 13.7. The van der Waals surface area contributed by atoms with E-state index in [9.17, 15) is 9.59 Å². The van der Waals surface area contributed by atoms with Gasteiger partial charge in [-0.1, -0.05) is 18.2 Å². The Balaban J connectivity index is 1.41. The summed E-state index contributed by atoms with van der Waals surface area (Å²) in [4.78, 5) is 27.8. The Labute approximate surface area is 141 Å². The highest BCUT2D eigenvalue weighted by atomic mass is 16.2. The predicted molar refractivity (Wildman–Crippen MR) is 90.3 cm³/mol. The first-order valence-electron chi connectivity index (χ1n) is 9.42. The normalized spacial score (nSPS) is 41.2. The molecule has 0 unspecified atom stereocenters. The average Bonchev–Trinajstić information content (AvgIpc) is 3.39. The first-order valence-corrected chi connectivity index (χ1v) is 9.42. The van der Waals surface area contributed by atoms with Gasteiger partial charge in [-0.2, -0.15) is 0 Å². The van der Waals surface area contributed by atoms with Crippen LogP contribution in [0, 0.1) is 35.5 Å². The molecular formula is C21H21NO2. The molecule has 2 bridgehead atoms. The molecule has 5 aliphatic carbocycles. The van der Waals surface area contributed by atoms with E-state index >= 15 is 0 Å². The van der Waals surface area contributed by atoms with E-state index in [4.69, 9.17) is 0 Å². The van der Waals surface area contributed by atoms with Crippen LogP contribution in [0.5, 0.6) is 0 Å². The number of nitrogens with zero attached hydrogens (tertiary/aromatic N) is 1.